The van der Waals surface area contributed by atoms with Crippen molar-refractivity contribution in [3.05, 3.63) is 83.7 Å². The zero-order chi connectivity index (χ0) is 16.4. The van der Waals surface area contributed by atoms with Crippen LogP contribution in [0.25, 0.3) is 11.1 Å². The summed E-state index contributed by atoms with van der Waals surface area (Å²) in [5.74, 6) is 0. The molecule has 0 radical (unpaired) electrons. The lowest BCUT2D eigenvalue weighted by Gasteiger charge is -2.15. The lowest BCUT2D eigenvalue weighted by atomic mass is 10.0. The van der Waals surface area contributed by atoms with Crippen molar-refractivity contribution >= 4 is 0 Å². The van der Waals surface area contributed by atoms with Gasteiger partial charge in [0.2, 0.25) is 0 Å². The smallest absolute Gasteiger partial charge is 0.132 e. The molecule has 0 spiro atoms. The van der Waals surface area contributed by atoms with Crippen molar-refractivity contribution in [2.24, 2.45) is 0 Å². The van der Waals surface area contributed by atoms with E-state index in [1.807, 2.05) is 37.4 Å². The normalized spacial score (nSPS) is 11.7. The third kappa shape index (κ3) is 3.37. The molecule has 0 aliphatic carbocycles. The van der Waals surface area contributed by atoms with Crippen LogP contribution < -0.4 is 0 Å². The van der Waals surface area contributed by atoms with Crippen LogP contribution in [0.15, 0.2) is 66.9 Å². The molecule has 3 aromatic rings. The molecular formula is C21H22FN. The highest BCUT2D eigenvalue weighted by Crippen LogP contribution is 2.28. The molecule has 0 unspecified atom stereocenters. The van der Waals surface area contributed by atoms with E-state index in [1.165, 1.54) is 16.7 Å². The van der Waals surface area contributed by atoms with E-state index in [0.717, 1.165) is 17.8 Å². The Bertz CT molecular complexity index is 777. The van der Waals surface area contributed by atoms with Gasteiger partial charge >= 0.3 is 0 Å². The molecule has 0 bridgehead atoms. The van der Waals surface area contributed by atoms with Crippen molar-refractivity contribution in [2.75, 3.05) is 0 Å². The van der Waals surface area contributed by atoms with E-state index in [1.54, 1.807) is 13.8 Å². The average Bonchev–Trinajstić information content (AvgIpc) is 2.90. The Kier molecular flexibility index (Phi) is 4.08. The van der Waals surface area contributed by atoms with E-state index in [9.17, 15) is 4.39 Å². The van der Waals surface area contributed by atoms with Crippen LogP contribution in [-0.4, -0.2) is 4.57 Å². The Morgan fingerprint density at radius 1 is 0.870 bits per heavy atom. The monoisotopic (exact) mass is 307 g/mol. The van der Waals surface area contributed by atoms with Crippen LogP contribution in [0.4, 0.5) is 4.39 Å². The van der Waals surface area contributed by atoms with Gasteiger partial charge in [-0.15, -0.1) is 0 Å². The van der Waals surface area contributed by atoms with Crippen LogP contribution in [0.2, 0.25) is 0 Å². The van der Waals surface area contributed by atoms with E-state index in [2.05, 4.69) is 41.0 Å². The minimum atomic E-state index is -1.30. The van der Waals surface area contributed by atoms with Crippen LogP contribution in [-0.2, 0) is 12.2 Å². The highest BCUT2D eigenvalue weighted by Gasteiger charge is 2.23. The number of halogens is 1. The maximum atomic E-state index is 14.2. The molecule has 1 aromatic heterocycles. The summed E-state index contributed by atoms with van der Waals surface area (Å²) < 4.78 is 16.3. The van der Waals surface area contributed by atoms with Crippen molar-refractivity contribution in [2.45, 2.75) is 33.0 Å². The summed E-state index contributed by atoms with van der Waals surface area (Å²) in [4.78, 5) is 0. The van der Waals surface area contributed by atoms with Gasteiger partial charge in [0.05, 0.1) is 0 Å². The highest BCUT2D eigenvalue weighted by molar-refractivity contribution is 5.63. The number of hydrogen-bond donors (Lipinski definition) is 0. The first-order chi connectivity index (χ1) is 10.9. The van der Waals surface area contributed by atoms with Gasteiger partial charge in [-0.25, -0.2) is 4.39 Å². The summed E-state index contributed by atoms with van der Waals surface area (Å²) in [5, 5.41) is 0. The fraction of sp³-hybridized carbons (Fsp3) is 0.238. The maximum Gasteiger partial charge on any atom is 0.132 e. The van der Waals surface area contributed by atoms with Gasteiger partial charge in [0.1, 0.15) is 5.67 Å². The minimum absolute atomic E-state index is 0.761. The van der Waals surface area contributed by atoms with E-state index >= 15 is 0 Å². The summed E-state index contributed by atoms with van der Waals surface area (Å²) in [6, 6.07) is 20.8. The van der Waals surface area contributed by atoms with E-state index in [0.29, 0.717) is 0 Å². The molecule has 0 fully saturated rings. The van der Waals surface area contributed by atoms with Gasteiger partial charge in [0.25, 0.3) is 0 Å². The largest absolute Gasteiger partial charge is 0.347 e. The van der Waals surface area contributed by atoms with Gasteiger partial charge in [0.15, 0.2) is 0 Å². The van der Waals surface area contributed by atoms with Crippen molar-refractivity contribution < 1.29 is 4.39 Å². The number of aromatic nitrogens is 1. The Morgan fingerprint density at radius 3 is 2.04 bits per heavy atom. The zero-order valence-corrected chi connectivity index (χ0v) is 13.9. The van der Waals surface area contributed by atoms with E-state index in [-0.39, 0.29) is 0 Å². The molecular weight excluding hydrogens is 285 g/mol. The van der Waals surface area contributed by atoms with Crippen LogP contribution >= 0.6 is 0 Å². The molecule has 0 atom stereocenters. The molecule has 0 amide bonds. The molecule has 1 heterocycles. The van der Waals surface area contributed by atoms with Gasteiger partial charge in [-0.2, -0.15) is 0 Å². The van der Waals surface area contributed by atoms with Gasteiger partial charge in [0, 0.05) is 24.0 Å². The summed E-state index contributed by atoms with van der Waals surface area (Å²) in [6.07, 6.45) is 1.97. The van der Waals surface area contributed by atoms with Crippen LogP contribution in [0.5, 0.6) is 0 Å². The van der Waals surface area contributed by atoms with Crippen LogP contribution in [0, 0.1) is 6.92 Å². The predicted molar refractivity (Wildman–Crippen MR) is 94.3 cm³/mol. The fourth-order valence-electron chi connectivity index (χ4n) is 2.98. The van der Waals surface area contributed by atoms with Gasteiger partial charge < -0.3 is 4.57 Å². The number of alkyl halides is 1. The number of hydrogen-bond acceptors (Lipinski definition) is 0. The predicted octanol–water partition coefficient (Wildman–Crippen LogP) is 5.72. The third-order valence-electron chi connectivity index (χ3n) is 4.30. The Morgan fingerprint density at radius 2 is 1.48 bits per heavy atom. The van der Waals surface area contributed by atoms with E-state index in [4.69, 9.17) is 0 Å². The summed E-state index contributed by atoms with van der Waals surface area (Å²) in [6.45, 7) is 5.95. The molecule has 0 saturated carbocycles. The van der Waals surface area contributed by atoms with Gasteiger partial charge in [-0.05, 0) is 43.5 Å². The standard InChI is InChI=1S/C21H22FN/c1-16-20(21(2,3)22)13-14-23(16)15-17-9-11-19(12-10-17)18-7-5-4-6-8-18/h4-14H,15H2,1-3H3. The molecule has 0 saturated heterocycles. The van der Waals surface area contributed by atoms with Crippen molar-refractivity contribution in [1.82, 2.24) is 4.57 Å². The molecule has 23 heavy (non-hydrogen) atoms. The lowest BCUT2D eigenvalue weighted by Crippen LogP contribution is -2.11. The number of benzene rings is 2. The van der Waals surface area contributed by atoms with Crippen LogP contribution in [0.1, 0.15) is 30.7 Å². The second-order valence-corrected chi connectivity index (χ2v) is 6.48. The molecule has 0 aliphatic rings. The van der Waals surface area contributed by atoms with Gasteiger partial charge in [-0.1, -0.05) is 54.6 Å². The Labute approximate surface area is 137 Å². The molecule has 118 valence electrons. The van der Waals surface area contributed by atoms with Crippen molar-refractivity contribution in [1.29, 1.82) is 0 Å². The zero-order valence-electron chi connectivity index (χ0n) is 13.9. The van der Waals surface area contributed by atoms with Crippen LogP contribution in [0.3, 0.4) is 0 Å². The Hall–Kier alpha value is -2.35. The second kappa shape index (κ2) is 6.04. The Balaban J connectivity index is 1.81. The molecule has 2 aromatic carbocycles. The molecule has 0 N–H and O–H groups in total. The molecule has 2 heteroatoms. The van der Waals surface area contributed by atoms with Crippen molar-refractivity contribution in [3.8, 4) is 11.1 Å². The topological polar surface area (TPSA) is 4.93 Å². The lowest BCUT2D eigenvalue weighted by molar-refractivity contribution is 0.220. The molecule has 0 aliphatic heterocycles. The highest BCUT2D eigenvalue weighted by atomic mass is 19.1. The maximum absolute atomic E-state index is 14.2. The minimum Gasteiger partial charge on any atom is -0.347 e. The first-order valence-electron chi connectivity index (χ1n) is 7.94. The van der Waals surface area contributed by atoms with E-state index < -0.39 is 5.67 Å². The van der Waals surface area contributed by atoms with Crippen molar-refractivity contribution in [3.63, 3.8) is 0 Å². The fourth-order valence-corrected chi connectivity index (χ4v) is 2.98. The SMILES string of the molecule is Cc1c(C(C)(C)F)ccn1Cc1ccc(-c2ccccc2)cc1. The average molecular weight is 307 g/mol. The third-order valence-corrected chi connectivity index (χ3v) is 4.30. The molecule has 3 rings (SSSR count). The first-order valence-corrected chi connectivity index (χ1v) is 7.94. The number of nitrogens with zero attached hydrogens (tertiary/aromatic N) is 1. The summed E-state index contributed by atoms with van der Waals surface area (Å²) in [7, 11) is 0. The summed E-state index contributed by atoms with van der Waals surface area (Å²) >= 11 is 0. The number of rotatable bonds is 4. The first kappa shape index (κ1) is 15.5. The quantitative estimate of drug-likeness (QED) is 0.581. The second-order valence-electron chi connectivity index (χ2n) is 6.48. The molecule has 1 nitrogen and oxygen atoms in total. The summed E-state index contributed by atoms with van der Waals surface area (Å²) in [5.41, 5.74) is 4.10. The van der Waals surface area contributed by atoms with Gasteiger partial charge in [-0.3, -0.25) is 0 Å².